The summed E-state index contributed by atoms with van der Waals surface area (Å²) in [6.45, 7) is 8.25. The molecule has 3 nitrogen and oxygen atoms in total. The molecule has 0 aromatic heterocycles. The van der Waals surface area contributed by atoms with Gasteiger partial charge in [-0.2, -0.15) is 0 Å². The Bertz CT molecular complexity index is 331. The van der Waals surface area contributed by atoms with E-state index in [-0.39, 0.29) is 11.9 Å². The van der Waals surface area contributed by atoms with Gasteiger partial charge in [0.1, 0.15) is 6.61 Å². The summed E-state index contributed by atoms with van der Waals surface area (Å²) < 4.78 is 5.10. The Balaban J connectivity index is 0.000000873. The van der Waals surface area contributed by atoms with Crippen LogP contribution in [-0.4, -0.2) is 13.0 Å². The summed E-state index contributed by atoms with van der Waals surface area (Å²) in [5.41, 5.74) is 2.05. The van der Waals surface area contributed by atoms with E-state index in [0.29, 0.717) is 6.61 Å². The van der Waals surface area contributed by atoms with Crippen molar-refractivity contribution in [2.45, 2.75) is 40.7 Å². The SMILES string of the molecule is CCC.CNc1ccc(COC(=O)C(C)C)cc1. The average molecular weight is 251 g/mol. The predicted octanol–water partition coefficient (Wildman–Crippen LogP) is 3.84. The zero-order chi connectivity index (χ0) is 14.0. The molecular weight excluding hydrogens is 226 g/mol. The Morgan fingerprint density at radius 3 is 2.11 bits per heavy atom. The maximum absolute atomic E-state index is 11.2. The highest BCUT2D eigenvalue weighted by atomic mass is 16.5. The van der Waals surface area contributed by atoms with E-state index in [1.807, 2.05) is 45.2 Å². The molecule has 0 amide bonds. The van der Waals surface area contributed by atoms with Gasteiger partial charge in [0.2, 0.25) is 0 Å². The van der Waals surface area contributed by atoms with Crippen LogP contribution < -0.4 is 5.32 Å². The van der Waals surface area contributed by atoms with E-state index in [1.54, 1.807) is 0 Å². The summed E-state index contributed by atoms with van der Waals surface area (Å²) in [6, 6.07) is 7.80. The lowest BCUT2D eigenvalue weighted by atomic mass is 10.2. The normalized spacial score (nSPS) is 9.44. The van der Waals surface area contributed by atoms with Crippen molar-refractivity contribution in [1.29, 1.82) is 0 Å². The first-order valence-electron chi connectivity index (χ1n) is 6.48. The third kappa shape index (κ3) is 6.94. The molecule has 0 fully saturated rings. The van der Waals surface area contributed by atoms with E-state index >= 15 is 0 Å². The van der Waals surface area contributed by atoms with Gasteiger partial charge >= 0.3 is 5.97 Å². The number of hydrogen-bond acceptors (Lipinski definition) is 3. The molecule has 3 heteroatoms. The quantitative estimate of drug-likeness (QED) is 0.826. The van der Waals surface area contributed by atoms with Gasteiger partial charge in [-0.3, -0.25) is 4.79 Å². The molecule has 0 spiro atoms. The van der Waals surface area contributed by atoms with Gasteiger partial charge in [-0.15, -0.1) is 0 Å². The van der Waals surface area contributed by atoms with E-state index in [1.165, 1.54) is 6.42 Å². The number of hydrogen-bond donors (Lipinski definition) is 1. The van der Waals surface area contributed by atoms with E-state index in [0.717, 1.165) is 11.3 Å². The molecule has 0 atom stereocenters. The van der Waals surface area contributed by atoms with Crippen molar-refractivity contribution in [3.05, 3.63) is 29.8 Å². The second kappa shape index (κ2) is 9.51. The summed E-state index contributed by atoms with van der Waals surface area (Å²) in [5.74, 6) is -0.228. The molecule has 0 saturated heterocycles. The van der Waals surface area contributed by atoms with Crippen LogP contribution in [0.1, 0.15) is 39.7 Å². The van der Waals surface area contributed by atoms with Crippen LogP contribution in [0.2, 0.25) is 0 Å². The molecule has 0 bridgehead atoms. The van der Waals surface area contributed by atoms with Crippen LogP contribution in [0.4, 0.5) is 5.69 Å². The molecule has 0 radical (unpaired) electrons. The van der Waals surface area contributed by atoms with Crippen LogP contribution in [0.15, 0.2) is 24.3 Å². The number of anilines is 1. The second-order valence-corrected chi connectivity index (χ2v) is 4.42. The maximum Gasteiger partial charge on any atom is 0.308 e. The van der Waals surface area contributed by atoms with Crippen molar-refractivity contribution in [2.75, 3.05) is 12.4 Å². The number of rotatable bonds is 4. The first-order chi connectivity index (χ1) is 8.54. The van der Waals surface area contributed by atoms with Gasteiger partial charge < -0.3 is 10.1 Å². The highest BCUT2D eigenvalue weighted by Gasteiger charge is 2.07. The van der Waals surface area contributed by atoms with Gasteiger partial charge in [0.15, 0.2) is 0 Å². The van der Waals surface area contributed by atoms with Crippen molar-refractivity contribution >= 4 is 11.7 Å². The molecule has 0 aliphatic carbocycles. The van der Waals surface area contributed by atoms with Gasteiger partial charge in [0.05, 0.1) is 5.92 Å². The van der Waals surface area contributed by atoms with Gasteiger partial charge in [0.25, 0.3) is 0 Å². The topological polar surface area (TPSA) is 38.3 Å². The highest BCUT2D eigenvalue weighted by molar-refractivity contribution is 5.71. The van der Waals surface area contributed by atoms with Crippen molar-refractivity contribution < 1.29 is 9.53 Å². The third-order valence-corrected chi connectivity index (χ3v) is 2.10. The Labute approximate surface area is 111 Å². The molecule has 1 rings (SSSR count). The zero-order valence-electron chi connectivity index (χ0n) is 12.1. The lowest BCUT2D eigenvalue weighted by Gasteiger charge is -2.07. The first kappa shape index (κ1) is 16.5. The molecule has 1 N–H and O–H groups in total. The maximum atomic E-state index is 11.2. The van der Waals surface area contributed by atoms with E-state index < -0.39 is 0 Å². The summed E-state index contributed by atoms with van der Waals surface area (Å²) in [4.78, 5) is 11.2. The number of carbonyl (C=O) groups excluding carboxylic acids is 1. The smallest absolute Gasteiger partial charge is 0.308 e. The monoisotopic (exact) mass is 251 g/mol. The van der Waals surface area contributed by atoms with Crippen LogP contribution in [0.25, 0.3) is 0 Å². The van der Waals surface area contributed by atoms with Crippen molar-refractivity contribution in [3.8, 4) is 0 Å². The zero-order valence-corrected chi connectivity index (χ0v) is 12.1. The van der Waals surface area contributed by atoms with Crippen molar-refractivity contribution in [1.82, 2.24) is 0 Å². The van der Waals surface area contributed by atoms with E-state index in [9.17, 15) is 4.79 Å². The molecule has 1 aromatic carbocycles. The molecule has 1 aromatic rings. The second-order valence-electron chi connectivity index (χ2n) is 4.42. The van der Waals surface area contributed by atoms with Crippen LogP contribution in [-0.2, 0) is 16.1 Å². The number of esters is 1. The summed E-state index contributed by atoms with van der Waals surface area (Å²) in [5, 5.41) is 3.03. The Morgan fingerprint density at radius 1 is 1.22 bits per heavy atom. The number of carbonyl (C=O) groups is 1. The summed E-state index contributed by atoms with van der Waals surface area (Å²) in [7, 11) is 1.87. The molecule has 0 saturated carbocycles. The van der Waals surface area contributed by atoms with Crippen LogP contribution in [0.3, 0.4) is 0 Å². The molecule has 18 heavy (non-hydrogen) atoms. The summed E-state index contributed by atoms with van der Waals surface area (Å²) >= 11 is 0. The first-order valence-corrected chi connectivity index (χ1v) is 6.48. The Hall–Kier alpha value is -1.51. The number of nitrogens with one attached hydrogen (secondary N) is 1. The van der Waals surface area contributed by atoms with Crippen molar-refractivity contribution in [3.63, 3.8) is 0 Å². The molecular formula is C15H25NO2. The van der Waals surface area contributed by atoms with Crippen LogP contribution in [0, 0.1) is 5.92 Å². The van der Waals surface area contributed by atoms with Crippen LogP contribution >= 0.6 is 0 Å². The summed E-state index contributed by atoms with van der Waals surface area (Å²) in [6.07, 6.45) is 1.25. The fraction of sp³-hybridized carbons (Fsp3) is 0.533. The minimum Gasteiger partial charge on any atom is -0.461 e. The van der Waals surface area contributed by atoms with E-state index in [4.69, 9.17) is 4.74 Å². The number of benzene rings is 1. The number of ether oxygens (including phenoxy) is 1. The largest absolute Gasteiger partial charge is 0.461 e. The fourth-order valence-electron chi connectivity index (χ4n) is 1.09. The standard InChI is InChI=1S/C12H17NO2.C3H8/c1-9(2)12(14)15-8-10-4-6-11(13-3)7-5-10;1-3-2/h4-7,9,13H,8H2,1-3H3;3H2,1-2H3. The third-order valence-electron chi connectivity index (χ3n) is 2.10. The minimum atomic E-state index is -0.160. The minimum absolute atomic E-state index is 0.0680. The molecule has 0 aliphatic heterocycles. The molecule has 0 unspecified atom stereocenters. The van der Waals surface area contributed by atoms with Crippen LogP contribution in [0.5, 0.6) is 0 Å². The van der Waals surface area contributed by atoms with Gasteiger partial charge in [-0.1, -0.05) is 46.2 Å². The van der Waals surface area contributed by atoms with Gasteiger partial charge in [0, 0.05) is 12.7 Å². The highest BCUT2D eigenvalue weighted by Crippen LogP contribution is 2.10. The fourth-order valence-corrected chi connectivity index (χ4v) is 1.09. The van der Waals surface area contributed by atoms with Gasteiger partial charge in [-0.05, 0) is 17.7 Å². The lowest BCUT2D eigenvalue weighted by molar-refractivity contribution is -0.148. The average Bonchev–Trinajstić information content (AvgIpc) is 2.37. The Morgan fingerprint density at radius 2 is 1.72 bits per heavy atom. The molecule has 0 heterocycles. The molecule has 102 valence electrons. The predicted molar refractivity (Wildman–Crippen MR) is 76.6 cm³/mol. The van der Waals surface area contributed by atoms with Gasteiger partial charge in [-0.25, -0.2) is 0 Å². The molecule has 0 aliphatic rings. The lowest BCUT2D eigenvalue weighted by Crippen LogP contribution is -2.11. The Kier molecular flexibility index (Phi) is 8.71. The van der Waals surface area contributed by atoms with Crippen molar-refractivity contribution in [2.24, 2.45) is 5.92 Å². The van der Waals surface area contributed by atoms with E-state index in [2.05, 4.69) is 19.2 Å².